The first kappa shape index (κ1) is 52.8. The number of carbonyl (C=O) groups excluding carboxylic acids is 9. The number of aliphatic hydroxyl groups is 1. The van der Waals surface area contributed by atoms with Gasteiger partial charge >= 0.3 is 17.9 Å². The second-order valence-corrected chi connectivity index (χ2v) is 13.8. The maximum atomic E-state index is 13.8. The Hall–Kier alpha value is -7.23. The van der Waals surface area contributed by atoms with E-state index in [0.717, 1.165) is 6.92 Å². The van der Waals surface area contributed by atoms with Crippen molar-refractivity contribution in [2.45, 2.75) is 114 Å². The van der Waals surface area contributed by atoms with E-state index in [1.807, 2.05) is 0 Å². The van der Waals surface area contributed by atoms with Gasteiger partial charge in [-0.05, 0) is 34.1 Å². The molecule has 0 spiro atoms. The number of hydrogen-bond donors (Lipinski definition) is 15. The number of aromatic nitrogens is 2. The van der Waals surface area contributed by atoms with E-state index in [2.05, 4.69) is 52.5 Å². The van der Waals surface area contributed by atoms with Crippen molar-refractivity contribution in [2.24, 2.45) is 11.5 Å². The summed E-state index contributed by atoms with van der Waals surface area (Å²) in [7, 11) is 0. The molecular weight excluding hydrogens is 832 g/mol. The van der Waals surface area contributed by atoms with E-state index in [1.54, 1.807) is 0 Å². The molecule has 1 aromatic heterocycles. The average molecular weight is 885 g/mol. The number of carboxylic acid groups (broad SMARTS) is 3. The van der Waals surface area contributed by atoms with Crippen LogP contribution in [0.4, 0.5) is 0 Å². The molecule has 1 rings (SSSR count). The largest absolute Gasteiger partial charge is 0.481 e. The van der Waals surface area contributed by atoms with Gasteiger partial charge in [0.25, 0.3) is 0 Å². The molecule has 28 heteroatoms. The summed E-state index contributed by atoms with van der Waals surface area (Å²) >= 11 is 0. The molecule has 17 N–H and O–H groups in total. The zero-order valence-electron chi connectivity index (χ0n) is 33.9. The van der Waals surface area contributed by atoms with Gasteiger partial charge in [0.1, 0.15) is 48.3 Å². The molecule has 0 saturated carbocycles. The lowest BCUT2D eigenvalue weighted by Gasteiger charge is -2.26. The van der Waals surface area contributed by atoms with Crippen molar-refractivity contribution in [2.75, 3.05) is 6.61 Å². The fraction of sp³-hybridized carbons (Fsp3) is 0.559. The van der Waals surface area contributed by atoms with Gasteiger partial charge in [0.05, 0.1) is 31.8 Å². The Bertz CT molecular complexity index is 1820. The predicted molar refractivity (Wildman–Crippen MR) is 206 cm³/mol. The SMILES string of the molecule is C[C@H](N)C(=O)N[C@@H](CC(=O)O)C(=O)N[C@@H](CC(N)=O)C(=O)N[C@@H](Cc1cnc[nH]1)C(=O)N[C@@H](CCC(=O)O)C(=O)N[C@@H](C)C(=O)N[C@@H](CO)C(=O)N[C@@H](C)C(=O)N[C@@H](C)C(=O)O. The molecular formula is C34H52N12O16. The summed E-state index contributed by atoms with van der Waals surface area (Å²) in [4.78, 5) is 156. The zero-order chi connectivity index (χ0) is 47.4. The summed E-state index contributed by atoms with van der Waals surface area (Å²) in [6, 6.07) is -14.1. The highest BCUT2D eigenvalue weighted by molar-refractivity contribution is 5.99. The number of nitrogens with zero attached hydrogens (tertiary/aromatic N) is 1. The molecule has 0 fully saturated rings. The molecule has 28 nitrogen and oxygen atoms in total. The fourth-order valence-electron chi connectivity index (χ4n) is 4.93. The van der Waals surface area contributed by atoms with Crippen molar-refractivity contribution in [1.29, 1.82) is 0 Å². The lowest BCUT2D eigenvalue weighted by atomic mass is 10.1. The third-order valence-electron chi connectivity index (χ3n) is 8.40. The highest BCUT2D eigenvalue weighted by Crippen LogP contribution is 2.06. The van der Waals surface area contributed by atoms with E-state index < -0.39 is 164 Å². The lowest BCUT2D eigenvalue weighted by molar-refractivity contribution is -0.142. The summed E-state index contributed by atoms with van der Waals surface area (Å²) in [6.45, 7) is 3.73. The highest BCUT2D eigenvalue weighted by Gasteiger charge is 2.35. The predicted octanol–water partition coefficient (Wildman–Crippen LogP) is -7.47. The molecule has 0 saturated heterocycles. The molecule has 0 aromatic carbocycles. The molecule has 9 amide bonds. The Morgan fingerprint density at radius 3 is 1.48 bits per heavy atom. The third kappa shape index (κ3) is 18.8. The van der Waals surface area contributed by atoms with E-state index in [4.69, 9.17) is 16.6 Å². The minimum Gasteiger partial charge on any atom is -0.481 e. The van der Waals surface area contributed by atoms with Crippen LogP contribution in [0.1, 0.15) is 59.1 Å². The van der Waals surface area contributed by atoms with Crippen LogP contribution in [-0.4, -0.2) is 162 Å². The van der Waals surface area contributed by atoms with Gasteiger partial charge in [-0.1, -0.05) is 0 Å². The number of aromatic amines is 1. The Labute approximate surface area is 351 Å². The molecule has 0 radical (unpaired) electrons. The van der Waals surface area contributed by atoms with Crippen LogP contribution in [0.5, 0.6) is 0 Å². The normalized spacial score (nSPS) is 15.1. The second-order valence-electron chi connectivity index (χ2n) is 13.8. The molecule has 344 valence electrons. The Kier molecular flexibility index (Phi) is 21.6. The maximum absolute atomic E-state index is 13.8. The van der Waals surface area contributed by atoms with Crippen LogP contribution in [0.15, 0.2) is 12.5 Å². The molecule has 0 aliphatic rings. The summed E-state index contributed by atoms with van der Waals surface area (Å²) in [5.74, 6) is -14.2. The van der Waals surface area contributed by atoms with E-state index in [9.17, 15) is 72.9 Å². The minimum absolute atomic E-state index is 0.213. The third-order valence-corrected chi connectivity index (χ3v) is 8.40. The van der Waals surface area contributed by atoms with Gasteiger partial charge < -0.3 is 79.4 Å². The smallest absolute Gasteiger partial charge is 0.325 e. The molecule has 9 atom stereocenters. The van der Waals surface area contributed by atoms with Crippen molar-refractivity contribution in [3.8, 4) is 0 Å². The first-order chi connectivity index (χ1) is 28.9. The number of rotatable bonds is 27. The maximum Gasteiger partial charge on any atom is 0.325 e. The van der Waals surface area contributed by atoms with Gasteiger partial charge in [-0.25, -0.2) is 4.98 Å². The number of nitrogens with two attached hydrogens (primary N) is 2. The van der Waals surface area contributed by atoms with Crippen molar-refractivity contribution >= 4 is 71.1 Å². The van der Waals surface area contributed by atoms with E-state index in [1.165, 1.54) is 33.3 Å². The van der Waals surface area contributed by atoms with Crippen molar-refractivity contribution in [1.82, 2.24) is 52.5 Å². The number of H-pyrrole nitrogens is 1. The van der Waals surface area contributed by atoms with Crippen molar-refractivity contribution < 1.29 is 78.0 Å². The topological polar surface area (TPSA) is 463 Å². The summed E-state index contributed by atoms with van der Waals surface area (Å²) in [5.41, 5.74) is 11.0. The number of carboxylic acids is 3. The van der Waals surface area contributed by atoms with Crippen molar-refractivity contribution in [3.05, 3.63) is 18.2 Å². The van der Waals surface area contributed by atoms with E-state index in [0.29, 0.717) is 0 Å². The van der Waals surface area contributed by atoms with Crippen LogP contribution in [0.3, 0.4) is 0 Å². The molecule has 62 heavy (non-hydrogen) atoms. The standard InChI is InChI=1S/C34H52N12O16/c1-13(35)26(53)43-21(9-25(51)52)32(59)45-20(8-23(36)48)31(58)44-19(7-17-10-37-12-38-17)30(57)42-18(5-6-24(49)50)29(56)39-15(3)28(55)46-22(11-47)33(60)40-14(2)27(54)41-16(4)34(61)62/h10,12-16,18-22,47H,5-9,11,35H2,1-4H3,(H2,36,48)(H,37,38)(H,39,56)(H,40,60)(H,41,54)(H,42,57)(H,43,53)(H,44,58)(H,45,59)(H,46,55)(H,49,50)(H,51,52)(H,61,62)/t13-,14-,15-,16-,18-,19-,20-,21-,22-/m0/s1. The number of carbonyl (C=O) groups is 12. The van der Waals surface area contributed by atoms with Crippen molar-refractivity contribution in [3.63, 3.8) is 0 Å². The lowest BCUT2D eigenvalue weighted by Crippen LogP contribution is -2.60. The number of amides is 9. The Morgan fingerprint density at radius 1 is 0.581 bits per heavy atom. The highest BCUT2D eigenvalue weighted by atomic mass is 16.4. The molecule has 0 bridgehead atoms. The number of aliphatic hydroxyl groups excluding tert-OH is 1. The van der Waals surface area contributed by atoms with Gasteiger partial charge in [-0.15, -0.1) is 0 Å². The molecule has 0 unspecified atom stereocenters. The minimum atomic E-state index is -1.88. The van der Waals surface area contributed by atoms with Gasteiger partial charge in [-0.3, -0.25) is 57.5 Å². The monoisotopic (exact) mass is 884 g/mol. The number of primary amides is 1. The van der Waals surface area contributed by atoms with Gasteiger partial charge in [0.2, 0.25) is 53.2 Å². The van der Waals surface area contributed by atoms with Crippen LogP contribution >= 0.6 is 0 Å². The summed E-state index contributed by atoms with van der Waals surface area (Å²) in [6.07, 6.45) is -1.14. The van der Waals surface area contributed by atoms with Gasteiger partial charge in [0, 0.05) is 24.7 Å². The van der Waals surface area contributed by atoms with Crippen LogP contribution in [0, 0.1) is 0 Å². The van der Waals surface area contributed by atoms with Gasteiger partial charge in [0.15, 0.2) is 0 Å². The van der Waals surface area contributed by atoms with Crippen LogP contribution in [-0.2, 0) is 64.0 Å². The Morgan fingerprint density at radius 2 is 1.02 bits per heavy atom. The first-order valence-corrected chi connectivity index (χ1v) is 18.6. The fourth-order valence-corrected chi connectivity index (χ4v) is 4.93. The second kappa shape index (κ2) is 25.4. The average Bonchev–Trinajstić information content (AvgIpc) is 3.69. The quantitative estimate of drug-likeness (QED) is 0.0390. The molecule has 1 heterocycles. The van der Waals surface area contributed by atoms with E-state index in [-0.39, 0.29) is 5.69 Å². The number of hydrogen-bond acceptors (Lipinski definition) is 15. The van der Waals surface area contributed by atoms with Gasteiger partial charge in [-0.2, -0.15) is 0 Å². The van der Waals surface area contributed by atoms with Crippen LogP contribution < -0.4 is 54.0 Å². The van der Waals surface area contributed by atoms with Crippen LogP contribution in [0.25, 0.3) is 0 Å². The molecule has 1 aromatic rings. The first-order valence-electron chi connectivity index (χ1n) is 18.6. The molecule has 0 aliphatic carbocycles. The number of aliphatic carboxylic acids is 3. The number of nitrogens with one attached hydrogen (secondary N) is 9. The zero-order valence-corrected chi connectivity index (χ0v) is 33.9. The molecule has 0 aliphatic heterocycles. The summed E-state index contributed by atoms with van der Waals surface area (Å²) in [5, 5.41) is 54.8. The van der Waals surface area contributed by atoms with Crippen LogP contribution in [0.2, 0.25) is 0 Å². The van der Waals surface area contributed by atoms with E-state index >= 15 is 0 Å². The number of imidazole rings is 1. The summed E-state index contributed by atoms with van der Waals surface area (Å²) < 4.78 is 0. The Balaban J connectivity index is 3.27.